The first-order valence-electron chi connectivity index (χ1n) is 6.69. The zero-order valence-electron chi connectivity index (χ0n) is 11.7. The number of para-hydroxylation sites is 1. The standard InChI is InChI=1S/C17H17N3/c1-11-7-8-13(10-19-11)17(18)15-9-12(2)20-16-6-4-3-5-14(15)16/h3-10,17H,18H2,1-2H3. The van der Waals surface area contributed by atoms with Crippen molar-refractivity contribution in [2.24, 2.45) is 5.73 Å². The molecule has 0 aliphatic heterocycles. The molecule has 2 heterocycles. The Morgan fingerprint density at radius 3 is 2.55 bits per heavy atom. The van der Waals surface area contributed by atoms with E-state index >= 15 is 0 Å². The molecule has 20 heavy (non-hydrogen) atoms. The van der Waals surface area contributed by atoms with E-state index < -0.39 is 0 Å². The van der Waals surface area contributed by atoms with Crippen molar-refractivity contribution in [2.45, 2.75) is 19.9 Å². The van der Waals surface area contributed by atoms with Crippen molar-refractivity contribution in [1.82, 2.24) is 9.97 Å². The van der Waals surface area contributed by atoms with Crippen LogP contribution < -0.4 is 5.73 Å². The number of rotatable bonds is 2. The van der Waals surface area contributed by atoms with E-state index in [4.69, 9.17) is 5.73 Å². The first-order chi connectivity index (χ1) is 9.65. The van der Waals surface area contributed by atoms with Gasteiger partial charge in [-0.1, -0.05) is 24.3 Å². The molecule has 1 atom stereocenters. The monoisotopic (exact) mass is 263 g/mol. The van der Waals surface area contributed by atoms with Crippen molar-refractivity contribution in [3.05, 3.63) is 71.2 Å². The van der Waals surface area contributed by atoms with Crippen LogP contribution in [0.25, 0.3) is 10.9 Å². The predicted octanol–water partition coefficient (Wildman–Crippen LogP) is 3.29. The first-order valence-corrected chi connectivity index (χ1v) is 6.69. The molecule has 1 aromatic carbocycles. The average Bonchev–Trinajstić information content (AvgIpc) is 2.46. The molecule has 3 rings (SSSR count). The molecule has 1 unspecified atom stereocenters. The quantitative estimate of drug-likeness (QED) is 0.771. The maximum Gasteiger partial charge on any atom is 0.0708 e. The van der Waals surface area contributed by atoms with E-state index in [0.717, 1.165) is 33.4 Å². The maximum absolute atomic E-state index is 6.43. The van der Waals surface area contributed by atoms with Crippen LogP contribution in [0.2, 0.25) is 0 Å². The molecule has 3 aromatic rings. The molecule has 100 valence electrons. The Labute approximate surface area is 118 Å². The van der Waals surface area contributed by atoms with Crippen LogP contribution >= 0.6 is 0 Å². The Morgan fingerprint density at radius 2 is 1.80 bits per heavy atom. The van der Waals surface area contributed by atoms with Crippen LogP contribution in [0.5, 0.6) is 0 Å². The van der Waals surface area contributed by atoms with E-state index in [0.29, 0.717) is 0 Å². The third-order valence-electron chi connectivity index (χ3n) is 3.50. The van der Waals surface area contributed by atoms with Gasteiger partial charge >= 0.3 is 0 Å². The summed E-state index contributed by atoms with van der Waals surface area (Å²) in [6.45, 7) is 3.97. The second-order valence-corrected chi connectivity index (χ2v) is 5.08. The number of benzene rings is 1. The van der Waals surface area contributed by atoms with Crippen LogP contribution in [0.15, 0.2) is 48.7 Å². The lowest BCUT2D eigenvalue weighted by molar-refractivity contribution is 0.865. The third kappa shape index (κ3) is 2.28. The molecule has 0 aliphatic rings. The summed E-state index contributed by atoms with van der Waals surface area (Å²) in [5, 5.41) is 1.10. The topological polar surface area (TPSA) is 51.8 Å². The minimum absolute atomic E-state index is 0.185. The molecule has 0 spiro atoms. The lowest BCUT2D eigenvalue weighted by Gasteiger charge is -2.15. The number of fused-ring (bicyclic) bond motifs is 1. The zero-order valence-corrected chi connectivity index (χ0v) is 11.7. The second kappa shape index (κ2) is 5.02. The molecule has 0 aliphatic carbocycles. The van der Waals surface area contributed by atoms with Gasteiger partial charge in [-0.05, 0) is 43.2 Å². The van der Waals surface area contributed by atoms with Gasteiger partial charge in [0.15, 0.2) is 0 Å². The fourth-order valence-corrected chi connectivity index (χ4v) is 2.44. The second-order valence-electron chi connectivity index (χ2n) is 5.08. The highest BCUT2D eigenvalue weighted by Gasteiger charge is 2.13. The summed E-state index contributed by atoms with van der Waals surface area (Å²) in [4.78, 5) is 8.89. The third-order valence-corrected chi connectivity index (χ3v) is 3.50. The van der Waals surface area contributed by atoms with E-state index in [2.05, 4.69) is 22.1 Å². The van der Waals surface area contributed by atoms with Crippen LogP contribution in [-0.4, -0.2) is 9.97 Å². The Morgan fingerprint density at radius 1 is 1.00 bits per heavy atom. The van der Waals surface area contributed by atoms with Gasteiger partial charge in [0.2, 0.25) is 0 Å². The van der Waals surface area contributed by atoms with Crippen molar-refractivity contribution < 1.29 is 0 Å². The van der Waals surface area contributed by atoms with Gasteiger partial charge in [0.1, 0.15) is 0 Å². The van der Waals surface area contributed by atoms with Gasteiger partial charge in [-0.25, -0.2) is 0 Å². The van der Waals surface area contributed by atoms with E-state index in [1.807, 2.05) is 50.4 Å². The summed E-state index contributed by atoms with van der Waals surface area (Å²) in [6.07, 6.45) is 1.85. The molecule has 0 saturated heterocycles. The van der Waals surface area contributed by atoms with Crippen molar-refractivity contribution in [2.75, 3.05) is 0 Å². The van der Waals surface area contributed by atoms with Gasteiger partial charge in [-0.15, -0.1) is 0 Å². The SMILES string of the molecule is Cc1ccc(C(N)c2cc(C)nc3ccccc23)cn1. The zero-order chi connectivity index (χ0) is 14.1. The van der Waals surface area contributed by atoms with Crippen molar-refractivity contribution in [1.29, 1.82) is 0 Å². The van der Waals surface area contributed by atoms with Crippen LogP contribution in [0.3, 0.4) is 0 Å². The lowest BCUT2D eigenvalue weighted by atomic mass is 9.96. The van der Waals surface area contributed by atoms with Gasteiger partial charge in [-0.2, -0.15) is 0 Å². The molecule has 2 N–H and O–H groups in total. The number of aromatic nitrogens is 2. The Kier molecular flexibility index (Phi) is 3.20. The van der Waals surface area contributed by atoms with Crippen LogP contribution in [0, 0.1) is 13.8 Å². The molecular weight excluding hydrogens is 246 g/mol. The van der Waals surface area contributed by atoms with Crippen LogP contribution in [0.4, 0.5) is 0 Å². The van der Waals surface area contributed by atoms with Gasteiger partial charge in [0, 0.05) is 23.0 Å². The normalized spacial score (nSPS) is 12.6. The maximum atomic E-state index is 6.43. The van der Waals surface area contributed by atoms with Gasteiger partial charge in [0.25, 0.3) is 0 Å². The molecular formula is C17H17N3. The average molecular weight is 263 g/mol. The molecule has 0 bridgehead atoms. The molecule has 0 radical (unpaired) electrons. The van der Waals surface area contributed by atoms with Gasteiger partial charge in [0.05, 0.1) is 11.6 Å². The summed E-state index contributed by atoms with van der Waals surface area (Å²) >= 11 is 0. The summed E-state index contributed by atoms with van der Waals surface area (Å²) in [7, 11) is 0. The Balaban J connectivity index is 2.15. The lowest BCUT2D eigenvalue weighted by Crippen LogP contribution is -2.13. The molecule has 2 aromatic heterocycles. The summed E-state index contributed by atoms with van der Waals surface area (Å²) in [6, 6.07) is 14.0. The van der Waals surface area contributed by atoms with Crippen LogP contribution in [0.1, 0.15) is 28.6 Å². The van der Waals surface area contributed by atoms with Crippen molar-refractivity contribution in [3.63, 3.8) is 0 Å². The number of hydrogen-bond acceptors (Lipinski definition) is 3. The molecule has 0 amide bonds. The number of aryl methyl sites for hydroxylation is 2. The number of pyridine rings is 2. The number of hydrogen-bond donors (Lipinski definition) is 1. The minimum atomic E-state index is -0.185. The highest BCUT2D eigenvalue weighted by molar-refractivity contribution is 5.83. The van der Waals surface area contributed by atoms with Crippen molar-refractivity contribution >= 4 is 10.9 Å². The van der Waals surface area contributed by atoms with Crippen LogP contribution in [-0.2, 0) is 0 Å². The van der Waals surface area contributed by atoms with Crippen molar-refractivity contribution in [3.8, 4) is 0 Å². The Bertz CT molecular complexity index is 748. The van der Waals surface area contributed by atoms with E-state index in [1.165, 1.54) is 0 Å². The van der Waals surface area contributed by atoms with Gasteiger partial charge in [-0.3, -0.25) is 9.97 Å². The van der Waals surface area contributed by atoms with E-state index in [-0.39, 0.29) is 6.04 Å². The minimum Gasteiger partial charge on any atom is -0.320 e. The summed E-state index contributed by atoms with van der Waals surface area (Å²) in [5.74, 6) is 0. The number of nitrogens with zero attached hydrogens (tertiary/aromatic N) is 2. The highest BCUT2D eigenvalue weighted by atomic mass is 14.7. The molecule has 0 fully saturated rings. The fourth-order valence-electron chi connectivity index (χ4n) is 2.44. The van der Waals surface area contributed by atoms with Gasteiger partial charge < -0.3 is 5.73 Å². The number of nitrogens with two attached hydrogens (primary N) is 1. The van der Waals surface area contributed by atoms with E-state index in [9.17, 15) is 0 Å². The molecule has 0 saturated carbocycles. The van der Waals surface area contributed by atoms with E-state index in [1.54, 1.807) is 0 Å². The largest absolute Gasteiger partial charge is 0.320 e. The molecule has 3 heteroatoms. The summed E-state index contributed by atoms with van der Waals surface area (Å²) < 4.78 is 0. The molecule has 3 nitrogen and oxygen atoms in total. The first kappa shape index (κ1) is 12.8. The predicted molar refractivity (Wildman–Crippen MR) is 81.5 cm³/mol. The Hall–Kier alpha value is -2.26. The smallest absolute Gasteiger partial charge is 0.0708 e. The fraction of sp³-hybridized carbons (Fsp3) is 0.176. The highest BCUT2D eigenvalue weighted by Crippen LogP contribution is 2.26. The summed E-state index contributed by atoms with van der Waals surface area (Å²) in [5.41, 5.74) is 11.5.